The number of carboxylic acid groups (broad SMARTS) is 2. The summed E-state index contributed by atoms with van der Waals surface area (Å²) >= 11 is 13.0. The number of hydrogen-bond donors (Lipinski definition) is 2. The minimum absolute atomic E-state index is 0.0319. The van der Waals surface area contributed by atoms with E-state index >= 15 is 0 Å². The molecule has 0 bridgehead atoms. The molecular weight excluding hydrogens is 800 g/mol. The molecule has 1 aromatic heterocycles. The van der Waals surface area contributed by atoms with Gasteiger partial charge in [-0.2, -0.15) is 0 Å². The third-order valence-corrected chi connectivity index (χ3v) is 10.2. The van der Waals surface area contributed by atoms with Crippen LogP contribution in [0.4, 0.5) is 4.39 Å². The van der Waals surface area contributed by atoms with Crippen molar-refractivity contribution in [3.63, 3.8) is 0 Å². The van der Waals surface area contributed by atoms with E-state index in [-0.39, 0.29) is 11.7 Å². The van der Waals surface area contributed by atoms with Crippen LogP contribution >= 0.6 is 23.2 Å². The highest BCUT2D eigenvalue weighted by atomic mass is 35.5. The average Bonchev–Trinajstić information content (AvgIpc) is 3.23. The number of aromatic nitrogens is 1. The maximum atomic E-state index is 13.6. The van der Waals surface area contributed by atoms with E-state index in [0.717, 1.165) is 48.3 Å². The monoisotopic (exact) mass is 843 g/mol. The van der Waals surface area contributed by atoms with Crippen LogP contribution in [-0.4, -0.2) is 75.6 Å². The van der Waals surface area contributed by atoms with Crippen molar-refractivity contribution in [2.45, 2.75) is 40.3 Å². The van der Waals surface area contributed by atoms with Crippen molar-refractivity contribution >= 4 is 46.6 Å². The predicted molar refractivity (Wildman–Crippen MR) is 224 cm³/mol. The SMILES string of the molecule is C/C(C(=O)N1CCN(Cc2ccc(CCOc3ccc(F)cc3)cc2)CC1)=C(/C)c1cc(C)c(Oc2ccc(OCc3ccccc3Cl)cn2)c(Cl)c1.O=C(O)C(=O)O. The quantitative estimate of drug-likeness (QED) is 0.0872. The third-order valence-electron chi connectivity index (χ3n) is 9.56. The second kappa shape index (κ2) is 21.2. The lowest BCUT2D eigenvalue weighted by Crippen LogP contribution is -2.48. The summed E-state index contributed by atoms with van der Waals surface area (Å²) in [4.78, 5) is 40.5. The molecule has 4 aromatic carbocycles. The Bertz CT molecular complexity index is 2230. The molecule has 14 heteroatoms. The van der Waals surface area contributed by atoms with Gasteiger partial charge in [-0.3, -0.25) is 9.69 Å². The standard InChI is InChI=1S/C43H42Cl2FN3O4.C2H2O4/c1-29-24-35(25-40(45)42(29)53-41-17-16-38(26-47-41)52-28-34-6-4-5-7-39(34)44)30(2)31(3)43(50)49-21-19-48(20-22-49)27-33-10-8-32(9-11-33)18-23-51-37-14-12-36(46)13-15-37;3-1(4)2(5)6/h4-17,24-26H,18-23,27-28H2,1-3H3;(H,3,4)(H,5,6)/b31-30+;. The van der Waals surface area contributed by atoms with Gasteiger partial charge in [0, 0.05) is 61.4 Å². The maximum absolute atomic E-state index is 13.6. The van der Waals surface area contributed by atoms with Gasteiger partial charge in [0.05, 0.1) is 17.8 Å². The van der Waals surface area contributed by atoms with Crippen molar-refractivity contribution in [1.82, 2.24) is 14.8 Å². The third kappa shape index (κ3) is 13.0. The van der Waals surface area contributed by atoms with Gasteiger partial charge >= 0.3 is 11.9 Å². The summed E-state index contributed by atoms with van der Waals surface area (Å²) < 4.78 is 30.7. The average molecular weight is 845 g/mol. The molecule has 1 aliphatic heterocycles. The van der Waals surface area contributed by atoms with Gasteiger partial charge in [-0.15, -0.1) is 0 Å². The van der Waals surface area contributed by atoms with Gasteiger partial charge in [0.1, 0.15) is 23.9 Å². The zero-order valence-electron chi connectivity index (χ0n) is 32.8. The van der Waals surface area contributed by atoms with E-state index < -0.39 is 11.9 Å². The van der Waals surface area contributed by atoms with Crippen LogP contribution in [0.25, 0.3) is 5.57 Å². The molecule has 1 amide bonds. The van der Waals surface area contributed by atoms with Gasteiger partial charge < -0.3 is 29.3 Å². The molecule has 1 aliphatic rings. The van der Waals surface area contributed by atoms with Gasteiger partial charge in [0.15, 0.2) is 5.75 Å². The summed E-state index contributed by atoms with van der Waals surface area (Å²) in [5.41, 5.74) is 6.55. The number of carbonyl (C=O) groups is 3. The summed E-state index contributed by atoms with van der Waals surface area (Å²) in [5, 5.41) is 15.9. The Morgan fingerprint density at radius 1 is 0.780 bits per heavy atom. The van der Waals surface area contributed by atoms with Crippen LogP contribution in [0.1, 0.15) is 41.7 Å². The number of allylic oxidation sites excluding steroid dienone is 1. The zero-order chi connectivity index (χ0) is 42.5. The highest BCUT2D eigenvalue weighted by Gasteiger charge is 2.24. The summed E-state index contributed by atoms with van der Waals surface area (Å²) in [6.07, 6.45) is 2.37. The number of nitrogens with zero attached hydrogens (tertiary/aromatic N) is 3. The number of piperazine rings is 1. The first-order valence-electron chi connectivity index (χ1n) is 18.7. The number of halogens is 3. The summed E-state index contributed by atoms with van der Waals surface area (Å²) in [6, 6.07) is 29.5. The molecule has 1 saturated heterocycles. The molecule has 0 spiro atoms. The fraction of sp³-hybridized carbons (Fsp3) is 0.244. The highest BCUT2D eigenvalue weighted by molar-refractivity contribution is 6.32. The molecule has 0 atom stereocenters. The number of amides is 1. The molecule has 6 rings (SSSR count). The van der Waals surface area contributed by atoms with Crippen molar-refractivity contribution in [2.75, 3.05) is 32.8 Å². The lowest BCUT2D eigenvalue weighted by Gasteiger charge is -2.35. The predicted octanol–water partition coefficient (Wildman–Crippen LogP) is 9.12. The Labute approximate surface area is 352 Å². The first-order chi connectivity index (χ1) is 28.3. The molecule has 2 heterocycles. The molecule has 0 aliphatic carbocycles. The zero-order valence-corrected chi connectivity index (χ0v) is 34.3. The number of aliphatic carboxylic acids is 2. The van der Waals surface area contributed by atoms with E-state index in [4.69, 9.17) is 57.2 Å². The molecule has 0 saturated carbocycles. The number of rotatable bonds is 13. The molecular formula is C45H44Cl2FN3O8. The van der Waals surface area contributed by atoms with Crippen molar-refractivity contribution in [1.29, 1.82) is 0 Å². The number of ether oxygens (including phenoxy) is 3. The molecule has 0 unspecified atom stereocenters. The Morgan fingerprint density at radius 3 is 2.03 bits per heavy atom. The van der Waals surface area contributed by atoms with E-state index in [1.807, 2.05) is 62.1 Å². The molecule has 308 valence electrons. The first-order valence-corrected chi connectivity index (χ1v) is 19.4. The number of aryl methyl sites for hydroxylation is 1. The number of carbonyl (C=O) groups excluding carboxylic acids is 1. The summed E-state index contributed by atoms with van der Waals surface area (Å²) in [7, 11) is 0. The van der Waals surface area contributed by atoms with Crippen LogP contribution < -0.4 is 14.2 Å². The van der Waals surface area contributed by atoms with E-state index in [1.165, 1.54) is 23.3 Å². The second-order valence-electron chi connectivity index (χ2n) is 13.7. The van der Waals surface area contributed by atoms with Gasteiger partial charge in [-0.25, -0.2) is 19.0 Å². The lowest BCUT2D eigenvalue weighted by atomic mass is 9.99. The van der Waals surface area contributed by atoms with Crippen molar-refractivity contribution in [2.24, 2.45) is 0 Å². The molecule has 0 radical (unpaired) electrons. The molecule has 11 nitrogen and oxygen atoms in total. The Balaban J connectivity index is 0.00000102. The minimum atomic E-state index is -1.82. The molecule has 5 aromatic rings. The van der Waals surface area contributed by atoms with E-state index in [2.05, 4.69) is 34.1 Å². The summed E-state index contributed by atoms with van der Waals surface area (Å²) in [6.45, 7) is 10.3. The minimum Gasteiger partial charge on any atom is -0.493 e. The van der Waals surface area contributed by atoms with E-state index in [1.54, 1.807) is 30.5 Å². The number of carboxylic acids is 2. The topological polar surface area (TPSA) is 139 Å². The van der Waals surface area contributed by atoms with Crippen molar-refractivity contribution in [3.8, 4) is 23.1 Å². The number of benzene rings is 4. The normalized spacial score (nSPS) is 13.1. The van der Waals surface area contributed by atoms with Crippen LogP contribution in [0.3, 0.4) is 0 Å². The van der Waals surface area contributed by atoms with Gasteiger partial charge in [-0.05, 0) is 97.1 Å². The van der Waals surface area contributed by atoms with Gasteiger partial charge in [-0.1, -0.05) is 65.7 Å². The Morgan fingerprint density at radius 2 is 1.42 bits per heavy atom. The second-order valence-corrected chi connectivity index (χ2v) is 14.5. The van der Waals surface area contributed by atoms with E-state index in [9.17, 15) is 9.18 Å². The molecule has 59 heavy (non-hydrogen) atoms. The number of pyridine rings is 1. The highest BCUT2D eigenvalue weighted by Crippen LogP contribution is 2.36. The number of hydrogen-bond acceptors (Lipinski definition) is 8. The molecule has 1 fully saturated rings. The van der Waals surface area contributed by atoms with Crippen LogP contribution in [0.15, 0.2) is 109 Å². The smallest absolute Gasteiger partial charge is 0.414 e. The van der Waals surface area contributed by atoms with Gasteiger partial charge in [0.2, 0.25) is 11.8 Å². The maximum Gasteiger partial charge on any atom is 0.414 e. The fourth-order valence-electron chi connectivity index (χ4n) is 6.08. The Hall–Kier alpha value is -5.95. The van der Waals surface area contributed by atoms with Crippen LogP contribution in [0.5, 0.6) is 23.1 Å². The summed E-state index contributed by atoms with van der Waals surface area (Å²) in [5.74, 6) is -1.75. The van der Waals surface area contributed by atoms with Crippen LogP contribution in [-0.2, 0) is 34.0 Å². The van der Waals surface area contributed by atoms with Crippen LogP contribution in [0.2, 0.25) is 10.0 Å². The van der Waals surface area contributed by atoms with Gasteiger partial charge in [0.25, 0.3) is 0 Å². The van der Waals surface area contributed by atoms with Crippen LogP contribution in [0, 0.1) is 12.7 Å². The Kier molecular flexibility index (Phi) is 15.8. The lowest BCUT2D eigenvalue weighted by molar-refractivity contribution is -0.159. The molecule has 2 N–H and O–H groups in total. The van der Waals surface area contributed by atoms with Crippen molar-refractivity contribution in [3.05, 3.63) is 153 Å². The fourth-order valence-corrected chi connectivity index (χ4v) is 6.58. The van der Waals surface area contributed by atoms with Crippen molar-refractivity contribution < 1.29 is 43.2 Å². The first kappa shape index (κ1) is 44.2. The largest absolute Gasteiger partial charge is 0.493 e. The van der Waals surface area contributed by atoms with E-state index in [0.29, 0.717) is 65.1 Å².